The summed E-state index contributed by atoms with van der Waals surface area (Å²) in [7, 11) is 0. The molecule has 0 saturated heterocycles. The van der Waals surface area contributed by atoms with Crippen LogP contribution in [0.4, 0.5) is 26.4 Å². The van der Waals surface area contributed by atoms with Gasteiger partial charge in [0.2, 0.25) is 0 Å². The second-order valence-corrected chi connectivity index (χ2v) is 10.7. The molecule has 0 saturated carbocycles. The third-order valence-electron chi connectivity index (χ3n) is 5.96. The van der Waals surface area contributed by atoms with Crippen molar-refractivity contribution >= 4 is 34.1 Å². The van der Waals surface area contributed by atoms with E-state index < -0.39 is 11.8 Å². The van der Waals surface area contributed by atoms with Gasteiger partial charge in [-0.3, -0.25) is 9.78 Å². The molecule has 0 aliphatic carbocycles. The number of hydrogen-bond donors (Lipinski definition) is 4. The van der Waals surface area contributed by atoms with Crippen LogP contribution in [0.2, 0.25) is 0 Å². The van der Waals surface area contributed by atoms with Gasteiger partial charge in [0.15, 0.2) is 0 Å². The van der Waals surface area contributed by atoms with E-state index in [0.717, 1.165) is 16.5 Å². The predicted octanol–water partition coefficient (Wildman–Crippen LogP) is 6.97. The van der Waals surface area contributed by atoms with Crippen molar-refractivity contribution in [2.24, 2.45) is 0 Å². The number of nitrogens with one attached hydrogen (secondary N) is 4. The summed E-state index contributed by atoms with van der Waals surface area (Å²) in [6.45, 7) is 10.0. The fourth-order valence-electron chi connectivity index (χ4n) is 4.03. The van der Waals surface area contributed by atoms with Gasteiger partial charge in [0.25, 0.3) is 0 Å². The molecule has 2 aromatic carbocycles. The quantitative estimate of drug-likeness (QED) is 0.176. The number of ether oxygens (including phenoxy) is 1. The molecule has 0 spiro atoms. The van der Waals surface area contributed by atoms with Gasteiger partial charge in [-0.25, -0.2) is 14.2 Å². The summed E-state index contributed by atoms with van der Waals surface area (Å²) in [5, 5.41) is 21.3. The summed E-state index contributed by atoms with van der Waals surface area (Å²) in [5.74, 6) is 0.807. The van der Waals surface area contributed by atoms with Crippen molar-refractivity contribution in [2.45, 2.75) is 46.2 Å². The Hall–Kier alpha value is -4.93. The van der Waals surface area contributed by atoms with Gasteiger partial charge in [0.1, 0.15) is 28.8 Å². The van der Waals surface area contributed by atoms with E-state index in [2.05, 4.69) is 31.1 Å². The fourth-order valence-corrected chi connectivity index (χ4v) is 4.03. The normalized spacial score (nSPS) is 11.6. The Kier molecular flexibility index (Phi) is 7.12. The monoisotopic (exact) mass is 542 g/mol. The fraction of sp³-hybridized carbons (Fsp3) is 0.241. The smallest absolute Gasteiger partial charge is 0.323 e. The Morgan fingerprint density at radius 3 is 2.55 bits per heavy atom. The maximum absolute atomic E-state index is 15.0. The van der Waals surface area contributed by atoms with Gasteiger partial charge in [-0.1, -0.05) is 6.07 Å². The van der Waals surface area contributed by atoms with Crippen molar-refractivity contribution in [2.75, 3.05) is 16.0 Å². The number of rotatable bonds is 7. The van der Waals surface area contributed by atoms with E-state index in [-0.39, 0.29) is 23.0 Å². The Morgan fingerprint density at radius 1 is 1.02 bits per heavy atom. The highest BCUT2D eigenvalue weighted by atomic mass is 19.1. The number of aromatic nitrogens is 5. The average molecular weight is 543 g/mol. The van der Waals surface area contributed by atoms with E-state index in [1.165, 1.54) is 12.1 Å². The van der Waals surface area contributed by atoms with Gasteiger partial charge >= 0.3 is 6.03 Å². The van der Waals surface area contributed by atoms with Crippen molar-refractivity contribution in [3.63, 3.8) is 0 Å². The number of nitrogens with zero attached hydrogens (tertiary/aromatic N) is 4. The molecular formula is C29H31FN8O2. The number of pyridine rings is 1. The highest BCUT2D eigenvalue weighted by molar-refractivity contribution is 6.02. The molecule has 3 aromatic heterocycles. The third kappa shape index (κ3) is 6.04. The van der Waals surface area contributed by atoms with Crippen molar-refractivity contribution < 1.29 is 13.9 Å². The van der Waals surface area contributed by atoms with Crippen LogP contribution in [-0.2, 0) is 5.54 Å². The molecule has 5 aromatic rings. The molecule has 2 amide bonds. The van der Waals surface area contributed by atoms with Crippen molar-refractivity contribution in [3.8, 4) is 22.8 Å². The first kappa shape index (κ1) is 26.7. The molecule has 40 heavy (non-hydrogen) atoms. The van der Waals surface area contributed by atoms with Crippen LogP contribution in [0, 0.1) is 5.82 Å². The average Bonchev–Trinajstić information content (AvgIpc) is 3.52. The lowest BCUT2D eigenvalue weighted by molar-refractivity contribution is 0.262. The molecule has 0 unspecified atom stereocenters. The summed E-state index contributed by atoms with van der Waals surface area (Å²) < 4.78 is 22.5. The number of carbonyl (C=O) groups excluding carboxylic acids is 1. The minimum Gasteiger partial charge on any atom is -0.457 e. The van der Waals surface area contributed by atoms with Crippen LogP contribution in [0.3, 0.4) is 0 Å². The first-order valence-electron chi connectivity index (χ1n) is 12.9. The highest BCUT2D eigenvalue weighted by Crippen LogP contribution is 2.32. The molecule has 0 aliphatic rings. The lowest BCUT2D eigenvalue weighted by Gasteiger charge is -2.18. The second-order valence-electron chi connectivity index (χ2n) is 10.7. The van der Waals surface area contributed by atoms with Crippen molar-refractivity contribution in [3.05, 3.63) is 72.9 Å². The Balaban J connectivity index is 1.32. The molecule has 0 radical (unpaired) electrons. The van der Waals surface area contributed by atoms with E-state index in [9.17, 15) is 9.18 Å². The van der Waals surface area contributed by atoms with E-state index in [1.54, 1.807) is 41.5 Å². The lowest BCUT2D eigenvalue weighted by Crippen LogP contribution is -2.22. The van der Waals surface area contributed by atoms with Crippen molar-refractivity contribution in [1.82, 2.24) is 25.0 Å². The molecule has 206 valence electrons. The van der Waals surface area contributed by atoms with Crippen LogP contribution in [0.25, 0.3) is 22.2 Å². The molecule has 4 N–H and O–H groups in total. The molecule has 0 aliphatic heterocycles. The molecule has 11 heteroatoms. The van der Waals surface area contributed by atoms with Crippen LogP contribution in [0.15, 0.2) is 67.1 Å². The van der Waals surface area contributed by atoms with Gasteiger partial charge in [-0.2, -0.15) is 10.2 Å². The zero-order valence-corrected chi connectivity index (χ0v) is 22.9. The summed E-state index contributed by atoms with van der Waals surface area (Å²) in [6, 6.07) is 13.0. The lowest BCUT2D eigenvalue weighted by atomic mass is 10.1. The summed E-state index contributed by atoms with van der Waals surface area (Å²) >= 11 is 0. The number of benzene rings is 2. The first-order chi connectivity index (χ1) is 19.0. The zero-order chi connectivity index (χ0) is 28.4. The minimum atomic E-state index is -0.641. The number of carbonyl (C=O) groups is 1. The zero-order valence-electron chi connectivity index (χ0n) is 22.9. The minimum absolute atomic E-state index is 0.00585. The van der Waals surface area contributed by atoms with Gasteiger partial charge in [0.05, 0.1) is 28.6 Å². The van der Waals surface area contributed by atoms with Gasteiger partial charge < -0.3 is 20.7 Å². The predicted molar refractivity (Wildman–Crippen MR) is 154 cm³/mol. The number of amides is 2. The van der Waals surface area contributed by atoms with E-state index >= 15 is 0 Å². The summed E-state index contributed by atoms with van der Waals surface area (Å²) in [5.41, 5.74) is 2.45. The summed E-state index contributed by atoms with van der Waals surface area (Å²) in [4.78, 5) is 17.2. The third-order valence-corrected chi connectivity index (χ3v) is 5.96. The SMILES string of the molecule is CC(C)Nc1cc(Oc2ccc(NC(=O)Nc3cn(C(C)(C)C)nc3-c3ccc4[nH]ncc4c3)c(F)c2)ccn1. The number of H-pyrrole nitrogens is 1. The van der Waals surface area contributed by atoms with Crippen molar-refractivity contribution in [1.29, 1.82) is 0 Å². The van der Waals surface area contributed by atoms with E-state index in [0.29, 0.717) is 22.9 Å². The van der Waals surface area contributed by atoms with Crippen LogP contribution in [0.1, 0.15) is 34.6 Å². The largest absolute Gasteiger partial charge is 0.457 e. The molecular weight excluding hydrogens is 511 g/mol. The van der Waals surface area contributed by atoms with Gasteiger partial charge in [0, 0.05) is 41.5 Å². The molecule has 5 rings (SSSR count). The maximum atomic E-state index is 15.0. The molecule has 10 nitrogen and oxygen atoms in total. The number of anilines is 3. The Bertz CT molecular complexity index is 1670. The van der Waals surface area contributed by atoms with Crippen LogP contribution >= 0.6 is 0 Å². The van der Waals surface area contributed by atoms with E-state index in [1.807, 2.05) is 52.8 Å². The Morgan fingerprint density at radius 2 is 1.80 bits per heavy atom. The molecule has 0 atom stereocenters. The number of halogens is 1. The van der Waals surface area contributed by atoms with Gasteiger partial charge in [-0.15, -0.1) is 0 Å². The van der Waals surface area contributed by atoms with Crippen LogP contribution in [-0.4, -0.2) is 37.0 Å². The standard InChI is InChI=1S/C29H31FN8O2/c1-17(2)33-26-14-21(10-11-31-26)40-20-7-9-24(22(30)13-20)34-28(39)35-25-16-38(29(3,4)5)37-27(25)18-6-8-23-19(12-18)15-32-36-23/h6-17H,1-5H3,(H,31,33)(H,32,36)(H2,34,35,39). The van der Waals surface area contributed by atoms with E-state index in [4.69, 9.17) is 9.84 Å². The summed E-state index contributed by atoms with van der Waals surface area (Å²) in [6.07, 6.45) is 5.10. The Labute approximate surface area is 231 Å². The number of fused-ring (bicyclic) bond motifs is 1. The molecule has 0 fully saturated rings. The van der Waals surface area contributed by atoms with Crippen LogP contribution in [0.5, 0.6) is 11.5 Å². The maximum Gasteiger partial charge on any atom is 0.323 e. The number of hydrogen-bond acceptors (Lipinski definition) is 6. The topological polar surface area (TPSA) is 122 Å². The second kappa shape index (κ2) is 10.7. The molecule has 3 heterocycles. The molecule has 0 bridgehead atoms. The van der Waals surface area contributed by atoms with Crippen LogP contribution < -0.4 is 20.7 Å². The van der Waals surface area contributed by atoms with Gasteiger partial charge in [-0.05, 0) is 65.0 Å². The highest BCUT2D eigenvalue weighted by Gasteiger charge is 2.21. The number of urea groups is 1. The number of aromatic amines is 1. The first-order valence-corrected chi connectivity index (χ1v) is 12.9.